The van der Waals surface area contributed by atoms with Crippen LogP contribution in [0, 0.1) is 5.41 Å². The number of aliphatic hydroxyl groups is 1. The fourth-order valence-electron chi connectivity index (χ4n) is 2.72. The molecule has 0 amide bonds. The highest BCUT2D eigenvalue weighted by atomic mass is 35.5. The van der Waals surface area contributed by atoms with Crippen molar-refractivity contribution in [3.8, 4) is 0 Å². The molecule has 1 aliphatic carbocycles. The Balaban J connectivity index is 2.53. The van der Waals surface area contributed by atoms with Gasteiger partial charge in [-0.05, 0) is 17.7 Å². The third kappa shape index (κ3) is 2.13. The van der Waals surface area contributed by atoms with Gasteiger partial charge in [0.05, 0.1) is 11.9 Å². The standard InChI is InChI=1S/C12H13ClO5S/c1-19(17,18)10-9(12(10,6-14)11(15)16)7-3-2-4-8(13)5-7/h2-5,9-10,14H,6H2,1H3,(H,15,16)/t9-,10+,12-/m1/s1. The molecule has 0 unspecified atom stereocenters. The van der Waals surface area contributed by atoms with Gasteiger partial charge >= 0.3 is 5.97 Å². The molecule has 19 heavy (non-hydrogen) atoms. The average molecular weight is 305 g/mol. The highest BCUT2D eigenvalue weighted by Gasteiger charge is 2.74. The van der Waals surface area contributed by atoms with Gasteiger partial charge in [-0.15, -0.1) is 0 Å². The second-order valence-electron chi connectivity index (χ2n) is 4.79. The number of carboxylic acids is 1. The molecular weight excluding hydrogens is 292 g/mol. The van der Waals surface area contributed by atoms with Crippen molar-refractivity contribution in [3.63, 3.8) is 0 Å². The summed E-state index contributed by atoms with van der Waals surface area (Å²) in [6.07, 6.45) is 0.982. The van der Waals surface area contributed by atoms with Crippen LogP contribution in [0.15, 0.2) is 24.3 Å². The molecule has 1 aromatic rings. The van der Waals surface area contributed by atoms with Crippen LogP contribution in [0.25, 0.3) is 0 Å². The number of benzene rings is 1. The molecule has 7 heteroatoms. The smallest absolute Gasteiger partial charge is 0.314 e. The maximum atomic E-state index is 11.7. The van der Waals surface area contributed by atoms with Crippen molar-refractivity contribution in [1.82, 2.24) is 0 Å². The van der Waals surface area contributed by atoms with Gasteiger partial charge in [-0.25, -0.2) is 8.42 Å². The summed E-state index contributed by atoms with van der Waals surface area (Å²) in [5.41, 5.74) is -1.16. The van der Waals surface area contributed by atoms with Gasteiger partial charge in [0.2, 0.25) is 0 Å². The number of aliphatic hydroxyl groups excluding tert-OH is 1. The number of halogens is 1. The van der Waals surface area contributed by atoms with Crippen LogP contribution < -0.4 is 0 Å². The molecule has 2 rings (SSSR count). The zero-order valence-corrected chi connectivity index (χ0v) is 11.6. The Hall–Kier alpha value is -1.11. The van der Waals surface area contributed by atoms with E-state index in [2.05, 4.69) is 0 Å². The highest BCUT2D eigenvalue weighted by Crippen LogP contribution is 2.62. The van der Waals surface area contributed by atoms with Crippen LogP contribution in [0.1, 0.15) is 11.5 Å². The predicted octanol–water partition coefficient (Wildman–Crippen LogP) is 0.914. The summed E-state index contributed by atoms with van der Waals surface area (Å²) >= 11 is 5.84. The molecule has 0 heterocycles. The molecule has 1 aliphatic rings. The number of rotatable bonds is 4. The number of aliphatic carboxylic acids is 1. The Morgan fingerprint density at radius 2 is 2.11 bits per heavy atom. The monoisotopic (exact) mass is 304 g/mol. The van der Waals surface area contributed by atoms with E-state index >= 15 is 0 Å². The summed E-state index contributed by atoms with van der Waals surface area (Å²) in [5.74, 6) is -2.08. The van der Waals surface area contributed by atoms with Gasteiger partial charge in [-0.1, -0.05) is 23.7 Å². The van der Waals surface area contributed by atoms with E-state index in [9.17, 15) is 23.4 Å². The summed E-state index contributed by atoms with van der Waals surface area (Å²) in [7, 11) is -3.59. The largest absolute Gasteiger partial charge is 0.481 e. The summed E-state index contributed by atoms with van der Waals surface area (Å²) in [6.45, 7) is -0.725. The first-order chi connectivity index (χ1) is 8.75. The molecule has 0 aliphatic heterocycles. The van der Waals surface area contributed by atoms with Gasteiger partial charge in [0, 0.05) is 17.2 Å². The molecular formula is C12H13ClO5S. The SMILES string of the molecule is CS(=O)(=O)[C@H]1[C@@H](c2cccc(Cl)c2)[C@@]1(CO)C(=O)O. The van der Waals surface area contributed by atoms with Gasteiger partial charge in [0.1, 0.15) is 5.41 Å². The zero-order chi connectivity index (χ0) is 14.4. The number of carboxylic acid groups (broad SMARTS) is 1. The Morgan fingerprint density at radius 1 is 1.47 bits per heavy atom. The van der Waals surface area contributed by atoms with Gasteiger partial charge in [-0.3, -0.25) is 4.79 Å². The number of hydrogen-bond donors (Lipinski definition) is 2. The quantitative estimate of drug-likeness (QED) is 0.863. The molecule has 1 aromatic carbocycles. The zero-order valence-electron chi connectivity index (χ0n) is 10.1. The minimum absolute atomic E-state index is 0.397. The Labute approximate surface area is 115 Å². The predicted molar refractivity (Wildman–Crippen MR) is 70.0 cm³/mol. The highest BCUT2D eigenvalue weighted by molar-refractivity contribution is 7.91. The van der Waals surface area contributed by atoms with E-state index in [4.69, 9.17) is 11.6 Å². The lowest BCUT2D eigenvalue weighted by atomic mass is 10.0. The fourth-order valence-corrected chi connectivity index (χ4v) is 4.82. The van der Waals surface area contributed by atoms with Crippen LogP contribution >= 0.6 is 11.6 Å². The van der Waals surface area contributed by atoms with Crippen molar-refractivity contribution < 1.29 is 23.4 Å². The molecule has 0 radical (unpaired) electrons. The van der Waals surface area contributed by atoms with E-state index in [0.717, 1.165) is 6.26 Å². The van der Waals surface area contributed by atoms with E-state index in [-0.39, 0.29) is 0 Å². The van der Waals surface area contributed by atoms with Gasteiger partial charge in [0.15, 0.2) is 9.84 Å². The third-order valence-electron chi connectivity index (χ3n) is 3.59. The lowest BCUT2D eigenvalue weighted by Crippen LogP contribution is -2.27. The normalized spacial score (nSPS) is 30.1. The van der Waals surface area contributed by atoms with E-state index in [1.807, 2.05) is 0 Å². The van der Waals surface area contributed by atoms with Gasteiger partial charge < -0.3 is 10.2 Å². The van der Waals surface area contributed by atoms with Crippen molar-refractivity contribution in [1.29, 1.82) is 0 Å². The fraction of sp³-hybridized carbons (Fsp3) is 0.417. The van der Waals surface area contributed by atoms with Crippen LogP contribution in [0.5, 0.6) is 0 Å². The van der Waals surface area contributed by atoms with E-state index in [1.165, 1.54) is 6.07 Å². The molecule has 3 atom stereocenters. The van der Waals surface area contributed by atoms with Gasteiger partial charge in [0.25, 0.3) is 0 Å². The first kappa shape index (κ1) is 14.3. The van der Waals surface area contributed by atoms with Crippen LogP contribution in [-0.4, -0.2) is 42.7 Å². The second kappa shape index (κ2) is 4.47. The van der Waals surface area contributed by atoms with Crippen LogP contribution in [0.2, 0.25) is 5.02 Å². The molecule has 5 nitrogen and oxygen atoms in total. The minimum Gasteiger partial charge on any atom is -0.481 e. The van der Waals surface area contributed by atoms with Crippen LogP contribution in [-0.2, 0) is 14.6 Å². The van der Waals surface area contributed by atoms with Crippen LogP contribution in [0.3, 0.4) is 0 Å². The maximum Gasteiger partial charge on any atom is 0.314 e. The van der Waals surface area contributed by atoms with Crippen molar-refractivity contribution >= 4 is 27.4 Å². The van der Waals surface area contributed by atoms with Crippen molar-refractivity contribution in [2.75, 3.05) is 12.9 Å². The van der Waals surface area contributed by atoms with E-state index < -0.39 is 39.0 Å². The molecule has 1 fully saturated rings. The average Bonchev–Trinajstić information content (AvgIpc) is 2.99. The Morgan fingerprint density at radius 3 is 2.47 bits per heavy atom. The summed E-state index contributed by atoms with van der Waals surface area (Å²) < 4.78 is 23.5. The third-order valence-corrected chi connectivity index (χ3v) is 5.44. The summed E-state index contributed by atoms with van der Waals surface area (Å²) in [5, 5.41) is 17.9. The molecule has 1 saturated carbocycles. The van der Waals surface area contributed by atoms with Crippen molar-refractivity contribution in [2.24, 2.45) is 5.41 Å². The topological polar surface area (TPSA) is 91.7 Å². The van der Waals surface area contributed by atoms with Crippen molar-refractivity contribution in [2.45, 2.75) is 11.2 Å². The Bertz CT molecular complexity index is 627. The number of carbonyl (C=O) groups is 1. The molecule has 0 spiro atoms. The number of sulfone groups is 1. The molecule has 0 saturated heterocycles. The first-order valence-corrected chi connectivity index (χ1v) is 7.87. The lowest BCUT2D eigenvalue weighted by molar-refractivity contribution is -0.145. The number of hydrogen-bond acceptors (Lipinski definition) is 4. The first-order valence-electron chi connectivity index (χ1n) is 5.53. The molecule has 104 valence electrons. The summed E-state index contributed by atoms with van der Waals surface area (Å²) in [6, 6.07) is 6.39. The summed E-state index contributed by atoms with van der Waals surface area (Å²) in [4.78, 5) is 11.4. The minimum atomic E-state index is -3.59. The van der Waals surface area contributed by atoms with E-state index in [1.54, 1.807) is 18.2 Å². The van der Waals surface area contributed by atoms with Crippen LogP contribution in [0.4, 0.5) is 0 Å². The molecule has 0 aromatic heterocycles. The molecule has 2 N–H and O–H groups in total. The van der Waals surface area contributed by atoms with Crippen molar-refractivity contribution in [3.05, 3.63) is 34.9 Å². The Kier molecular flexibility index (Phi) is 3.36. The van der Waals surface area contributed by atoms with E-state index in [0.29, 0.717) is 10.6 Å². The molecule has 0 bridgehead atoms. The lowest BCUT2D eigenvalue weighted by Gasteiger charge is -2.08. The second-order valence-corrected chi connectivity index (χ2v) is 7.39. The van der Waals surface area contributed by atoms with Gasteiger partial charge in [-0.2, -0.15) is 0 Å². The maximum absolute atomic E-state index is 11.7.